The molecular formula is C12H20N2O2. The monoisotopic (exact) mass is 224 g/mol. The molecule has 0 aromatic carbocycles. The highest BCUT2D eigenvalue weighted by atomic mass is 16.3. The topological polar surface area (TPSA) is 52.6 Å². The number of carbonyl (C=O) groups is 1. The number of carbonyl (C=O) groups excluding carboxylic acids is 1. The average Bonchev–Trinajstić information content (AvgIpc) is 2.21. The lowest BCUT2D eigenvalue weighted by Gasteiger charge is -2.48. The number of aliphatic hydroxyl groups is 1. The molecule has 0 saturated carbocycles. The van der Waals surface area contributed by atoms with Gasteiger partial charge in [-0.25, -0.2) is 0 Å². The maximum absolute atomic E-state index is 11.6. The van der Waals surface area contributed by atoms with Crippen molar-refractivity contribution in [2.24, 2.45) is 0 Å². The minimum atomic E-state index is -0.588. The molecule has 0 aromatic heterocycles. The number of hydrogen-bond acceptors (Lipinski definition) is 3. The van der Waals surface area contributed by atoms with Gasteiger partial charge >= 0.3 is 0 Å². The van der Waals surface area contributed by atoms with E-state index in [1.165, 1.54) is 0 Å². The van der Waals surface area contributed by atoms with Crippen LogP contribution in [-0.4, -0.2) is 47.2 Å². The Labute approximate surface area is 97.0 Å². The number of β-amino-alcohol motifs (C(OH)–C–C–N with tert-alkyl or cyclic N) is 1. The zero-order valence-corrected chi connectivity index (χ0v) is 9.99. The molecule has 0 bridgehead atoms. The Morgan fingerprint density at radius 1 is 1.69 bits per heavy atom. The van der Waals surface area contributed by atoms with Gasteiger partial charge in [0.2, 0.25) is 5.91 Å². The predicted octanol–water partition coefficient (Wildman–Crippen LogP) is -0.0289. The van der Waals surface area contributed by atoms with E-state index in [1.54, 1.807) is 0 Å². The van der Waals surface area contributed by atoms with Gasteiger partial charge in [0.25, 0.3) is 0 Å². The van der Waals surface area contributed by atoms with E-state index in [-0.39, 0.29) is 18.5 Å². The van der Waals surface area contributed by atoms with Gasteiger partial charge in [-0.2, -0.15) is 0 Å². The highest BCUT2D eigenvalue weighted by Gasteiger charge is 2.43. The molecule has 1 amide bonds. The van der Waals surface area contributed by atoms with Crippen LogP contribution in [0.5, 0.6) is 0 Å². The number of likely N-dealkylation sites (tertiary alicyclic amines) is 1. The molecule has 1 atom stereocenters. The van der Waals surface area contributed by atoms with Gasteiger partial charge in [-0.05, 0) is 13.3 Å². The number of rotatable bonds is 5. The van der Waals surface area contributed by atoms with Crippen LogP contribution in [0.2, 0.25) is 0 Å². The van der Waals surface area contributed by atoms with Crippen molar-refractivity contribution < 1.29 is 9.90 Å². The average molecular weight is 224 g/mol. The Bertz CT molecular complexity index is 290. The minimum absolute atomic E-state index is 0.0727. The van der Waals surface area contributed by atoms with E-state index in [1.807, 2.05) is 18.7 Å². The van der Waals surface area contributed by atoms with E-state index in [4.69, 9.17) is 6.42 Å². The molecule has 4 heteroatoms. The van der Waals surface area contributed by atoms with Gasteiger partial charge in [0, 0.05) is 13.1 Å². The van der Waals surface area contributed by atoms with Gasteiger partial charge in [0.05, 0.1) is 18.2 Å². The second-order valence-electron chi connectivity index (χ2n) is 4.48. The van der Waals surface area contributed by atoms with Crippen molar-refractivity contribution in [1.29, 1.82) is 0 Å². The molecule has 1 heterocycles. The molecule has 2 N–H and O–H groups in total. The minimum Gasteiger partial charge on any atom is -0.387 e. The van der Waals surface area contributed by atoms with Gasteiger partial charge in [-0.15, -0.1) is 6.42 Å². The first-order valence-corrected chi connectivity index (χ1v) is 5.70. The molecule has 16 heavy (non-hydrogen) atoms. The molecule has 1 unspecified atom stereocenters. The lowest BCUT2D eigenvalue weighted by Crippen LogP contribution is -2.66. The van der Waals surface area contributed by atoms with Crippen LogP contribution in [0.1, 0.15) is 26.7 Å². The third kappa shape index (κ3) is 2.97. The Hall–Kier alpha value is -1.05. The first kappa shape index (κ1) is 13.0. The summed E-state index contributed by atoms with van der Waals surface area (Å²) in [5.74, 6) is 2.29. The zero-order valence-electron chi connectivity index (χ0n) is 9.99. The van der Waals surface area contributed by atoms with Gasteiger partial charge in [0.1, 0.15) is 0 Å². The van der Waals surface area contributed by atoms with Crippen molar-refractivity contribution in [3.05, 3.63) is 0 Å². The summed E-state index contributed by atoms with van der Waals surface area (Å²) in [4.78, 5) is 13.5. The SMILES string of the molecule is C#CCNC(=O)C(C)N1CC(O)(CCC)C1. The van der Waals surface area contributed by atoms with Gasteiger partial charge < -0.3 is 10.4 Å². The van der Waals surface area contributed by atoms with Crippen LogP contribution in [0.3, 0.4) is 0 Å². The molecule has 1 fully saturated rings. The molecule has 0 spiro atoms. The molecule has 1 aliphatic rings. The van der Waals surface area contributed by atoms with Crippen molar-refractivity contribution in [3.63, 3.8) is 0 Å². The number of nitrogens with zero attached hydrogens (tertiary/aromatic N) is 1. The molecule has 90 valence electrons. The highest BCUT2D eigenvalue weighted by molar-refractivity contribution is 5.81. The molecule has 1 rings (SSSR count). The molecule has 1 saturated heterocycles. The van der Waals surface area contributed by atoms with Crippen LogP contribution in [0, 0.1) is 12.3 Å². The third-order valence-corrected chi connectivity index (χ3v) is 3.00. The molecule has 4 nitrogen and oxygen atoms in total. The second kappa shape index (κ2) is 5.33. The fourth-order valence-electron chi connectivity index (χ4n) is 2.06. The lowest BCUT2D eigenvalue weighted by molar-refractivity contribution is -0.143. The molecule has 0 radical (unpaired) electrons. The normalized spacial score (nSPS) is 20.6. The van der Waals surface area contributed by atoms with Crippen molar-refractivity contribution in [2.75, 3.05) is 19.6 Å². The van der Waals surface area contributed by atoms with Crippen LogP contribution in [0.15, 0.2) is 0 Å². The molecular weight excluding hydrogens is 204 g/mol. The first-order valence-electron chi connectivity index (χ1n) is 5.70. The Kier molecular flexibility index (Phi) is 4.34. The van der Waals surface area contributed by atoms with Crippen molar-refractivity contribution in [3.8, 4) is 12.3 Å². The van der Waals surface area contributed by atoms with Gasteiger partial charge in [-0.1, -0.05) is 19.3 Å². The van der Waals surface area contributed by atoms with Crippen LogP contribution in [-0.2, 0) is 4.79 Å². The summed E-state index contributed by atoms with van der Waals surface area (Å²) < 4.78 is 0. The highest BCUT2D eigenvalue weighted by Crippen LogP contribution is 2.27. The number of hydrogen-bond donors (Lipinski definition) is 2. The predicted molar refractivity (Wildman–Crippen MR) is 62.7 cm³/mol. The maximum Gasteiger partial charge on any atom is 0.237 e. The molecule has 1 aliphatic heterocycles. The summed E-state index contributed by atoms with van der Waals surface area (Å²) in [7, 11) is 0. The standard InChI is InChI=1S/C12H20N2O2/c1-4-6-12(16)8-14(9-12)10(3)11(15)13-7-5-2/h2,10,16H,4,6-9H2,1,3H3,(H,13,15). The summed E-state index contributed by atoms with van der Waals surface area (Å²) in [5.41, 5.74) is -0.588. The van der Waals surface area contributed by atoms with Crippen molar-refractivity contribution in [2.45, 2.75) is 38.3 Å². The van der Waals surface area contributed by atoms with E-state index < -0.39 is 5.60 Å². The molecule has 0 aromatic rings. The van der Waals surface area contributed by atoms with E-state index in [0.29, 0.717) is 13.1 Å². The second-order valence-corrected chi connectivity index (χ2v) is 4.48. The summed E-state index contributed by atoms with van der Waals surface area (Å²) in [6.45, 7) is 5.29. The quantitative estimate of drug-likeness (QED) is 0.645. The maximum atomic E-state index is 11.6. The largest absolute Gasteiger partial charge is 0.387 e. The van der Waals surface area contributed by atoms with E-state index in [9.17, 15) is 9.90 Å². The van der Waals surface area contributed by atoms with Crippen molar-refractivity contribution in [1.82, 2.24) is 10.2 Å². The number of terminal acetylenes is 1. The lowest BCUT2D eigenvalue weighted by atomic mass is 9.88. The van der Waals surface area contributed by atoms with Gasteiger partial charge in [-0.3, -0.25) is 9.69 Å². The number of nitrogens with one attached hydrogen (secondary N) is 1. The van der Waals surface area contributed by atoms with Crippen LogP contribution in [0.4, 0.5) is 0 Å². The smallest absolute Gasteiger partial charge is 0.237 e. The fourth-order valence-corrected chi connectivity index (χ4v) is 2.06. The summed E-state index contributed by atoms with van der Waals surface area (Å²) >= 11 is 0. The van der Waals surface area contributed by atoms with Crippen molar-refractivity contribution >= 4 is 5.91 Å². The van der Waals surface area contributed by atoms with Gasteiger partial charge in [0.15, 0.2) is 0 Å². The summed E-state index contributed by atoms with van der Waals surface area (Å²) in [6, 6.07) is -0.217. The van der Waals surface area contributed by atoms with Crippen LogP contribution in [0.25, 0.3) is 0 Å². The van der Waals surface area contributed by atoms with E-state index in [2.05, 4.69) is 11.2 Å². The Morgan fingerprint density at radius 3 is 2.81 bits per heavy atom. The molecule has 0 aliphatic carbocycles. The number of amides is 1. The summed E-state index contributed by atoms with van der Waals surface area (Å²) in [5, 5.41) is 12.6. The summed E-state index contributed by atoms with van der Waals surface area (Å²) in [6.07, 6.45) is 6.82. The van der Waals surface area contributed by atoms with E-state index in [0.717, 1.165) is 12.8 Å². The van der Waals surface area contributed by atoms with Crippen LogP contribution < -0.4 is 5.32 Å². The first-order chi connectivity index (χ1) is 7.52. The van der Waals surface area contributed by atoms with Crippen LogP contribution >= 0.6 is 0 Å². The third-order valence-electron chi connectivity index (χ3n) is 3.00. The fraction of sp³-hybridized carbons (Fsp3) is 0.750. The zero-order chi connectivity index (χ0) is 12.2. The van der Waals surface area contributed by atoms with E-state index >= 15 is 0 Å². The Morgan fingerprint density at radius 2 is 2.31 bits per heavy atom. The Balaban J connectivity index is 2.34.